The van der Waals surface area contributed by atoms with Gasteiger partial charge in [-0.3, -0.25) is 0 Å². The molecule has 1 atom stereocenters. The van der Waals surface area contributed by atoms with Gasteiger partial charge in [0.25, 0.3) is 0 Å². The van der Waals surface area contributed by atoms with Gasteiger partial charge in [0, 0.05) is 37.8 Å². The molecule has 3 aromatic rings. The lowest BCUT2D eigenvalue weighted by Gasteiger charge is -2.20. The first-order valence-electron chi connectivity index (χ1n) is 8.32. The smallest absolute Gasteiger partial charge is 0.130 e. The quantitative estimate of drug-likeness (QED) is 0.760. The topological polar surface area (TPSA) is 41.0 Å². The Morgan fingerprint density at radius 3 is 2.84 bits per heavy atom. The summed E-state index contributed by atoms with van der Waals surface area (Å²) in [5.74, 6) is 2.04. The summed E-state index contributed by atoms with van der Waals surface area (Å²) < 4.78 is 0. The van der Waals surface area contributed by atoms with E-state index in [-0.39, 0.29) is 5.92 Å². The molecule has 1 aliphatic heterocycles. The maximum absolute atomic E-state index is 6.13. The van der Waals surface area contributed by atoms with Crippen LogP contribution in [0.25, 0.3) is 0 Å². The van der Waals surface area contributed by atoms with Crippen molar-refractivity contribution in [1.82, 2.24) is 9.97 Å². The van der Waals surface area contributed by atoms with Crippen LogP contribution in [0, 0.1) is 0 Å². The van der Waals surface area contributed by atoms with Gasteiger partial charge in [0.05, 0.1) is 10.7 Å². The molecule has 126 valence electrons. The first-order valence-corrected chi connectivity index (χ1v) is 8.70. The van der Waals surface area contributed by atoms with Crippen LogP contribution in [0.1, 0.15) is 22.7 Å². The van der Waals surface area contributed by atoms with Gasteiger partial charge in [0.15, 0.2) is 0 Å². The fraction of sp³-hybridized carbons (Fsp3) is 0.200. The highest BCUT2D eigenvalue weighted by Crippen LogP contribution is 2.35. The summed E-state index contributed by atoms with van der Waals surface area (Å²) in [7, 11) is 2.07. The summed E-state index contributed by atoms with van der Waals surface area (Å²) in [6.45, 7) is 1.62. The second-order valence-electron chi connectivity index (χ2n) is 6.29. The number of pyridine rings is 2. The number of halogens is 1. The van der Waals surface area contributed by atoms with Crippen molar-refractivity contribution in [2.75, 3.05) is 23.8 Å². The fourth-order valence-corrected chi connectivity index (χ4v) is 3.39. The molecule has 0 spiro atoms. The molecule has 1 unspecified atom stereocenters. The van der Waals surface area contributed by atoms with Gasteiger partial charge in [-0.05, 0) is 23.8 Å². The highest BCUT2D eigenvalue weighted by Gasteiger charge is 2.26. The third-order valence-electron chi connectivity index (χ3n) is 4.50. The second-order valence-corrected chi connectivity index (χ2v) is 6.72. The van der Waals surface area contributed by atoms with Crippen molar-refractivity contribution in [2.45, 2.75) is 12.5 Å². The fourth-order valence-electron chi connectivity index (χ4n) is 3.23. The summed E-state index contributed by atoms with van der Waals surface area (Å²) in [6, 6.07) is 18.6. The van der Waals surface area contributed by atoms with Gasteiger partial charge in [-0.1, -0.05) is 48.0 Å². The number of nitrogens with zero attached hydrogens (tertiary/aromatic N) is 3. The minimum atomic E-state index is 0.172. The van der Waals surface area contributed by atoms with Crippen LogP contribution in [-0.4, -0.2) is 23.6 Å². The zero-order valence-corrected chi connectivity index (χ0v) is 14.7. The largest absolute Gasteiger partial charge is 0.369 e. The van der Waals surface area contributed by atoms with E-state index in [1.54, 1.807) is 6.20 Å². The molecule has 2 aromatic heterocycles. The van der Waals surface area contributed by atoms with E-state index < -0.39 is 0 Å². The van der Waals surface area contributed by atoms with E-state index in [2.05, 4.69) is 58.6 Å². The predicted molar refractivity (Wildman–Crippen MR) is 102 cm³/mol. The van der Waals surface area contributed by atoms with Gasteiger partial charge in [0.2, 0.25) is 0 Å². The van der Waals surface area contributed by atoms with Gasteiger partial charge in [-0.15, -0.1) is 0 Å². The molecule has 25 heavy (non-hydrogen) atoms. The lowest BCUT2D eigenvalue weighted by atomic mass is 9.99. The normalized spacial score (nSPS) is 15.5. The first kappa shape index (κ1) is 15.9. The standard InChI is InChI=1S/C20H19ClN4/c1-25(13-14-6-3-2-4-7-14)19-9-5-8-18(24-19)17-12-23-20-16(17)10-15(21)11-22-20/h2-11,17H,12-13H2,1H3,(H,22,23). The summed E-state index contributed by atoms with van der Waals surface area (Å²) in [5.41, 5.74) is 3.41. The molecule has 0 aliphatic carbocycles. The number of benzene rings is 1. The Hall–Kier alpha value is -2.59. The van der Waals surface area contributed by atoms with Gasteiger partial charge >= 0.3 is 0 Å². The molecule has 1 aliphatic rings. The van der Waals surface area contributed by atoms with Crippen LogP contribution in [0.3, 0.4) is 0 Å². The number of hydrogen-bond acceptors (Lipinski definition) is 4. The van der Waals surface area contributed by atoms with E-state index in [0.29, 0.717) is 5.02 Å². The van der Waals surface area contributed by atoms with E-state index in [9.17, 15) is 0 Å². The molecule has 0 bridgehead atoms. The predicted octanol–water partition coefficient (Wildman–Crippen LogP) is 4.32. The molecule has 3 heterocycles. The SMILES string of the molecule is CN(Cc1ccccc1)c1cccc(C2CNc3ncc(Cl)cc32)n1. The molecule has 5 heteroatoms. The molecule has 1 N–H and O–H groups in total. The third kappa shape index (κ3) is 3.30. The van der Waals surface area contributed by atoms with Crippen LogP contribution < -0.4 is 10.2 Å². The van der Waals surface area contributed by atoms with Gasteiger partial charge in [-0.2, -0.15) is 0 Å². The van der Waals surface area contributed by atoms with E-state index in [1.807, 2.05) is 18.2 Å². The Balaban J connectivity index is 1.60. The van der Waals surface area contributed by atoms with Crippen LogP contribution in [0.4, 0.5) is 11.6 Å². The number of aromatic nitrogens is 2. The monoisotopic (exact) mass is 350 g/mol. The molecular formula is C20H19ClN4. The zero-order valence-electron chi connectivity index (χ0n) is 14.0. The van der Waals surface area contributed by atoms with Crippen molar-refractivity contribution in [1.29, 1.82) is 0 Å². The zero-order chi connectivity index (χ0) is 17.2. The Morgan fingerprint density at radius 1 is 1.16 bits per heavy atom. The van der Waals surface area contributed by atoms with Crippen molar-refractivity contribution < 1.29 is 0 Å². The highest BCUT2D eigenvalue weighted by atomic mass is 35.5. The number of fused-ring (bicyclic) bond motifs is 1. The average Bonchev–Trinajstić information content (AvgIpc) is 3.05. The van der Waals surface area contributed by atoms with Gasteiger partial charge in [0.1, 0.15) is 11.6 Å². The van der Waals surface area contributed by atoms with Gasteiger partial charge < -0.3 is 10.2 Å². The molecule has 0 radical (unpaired) electrons. The van der Waals surface area contributed by atoms with E-state index in [1.165, 1.54) is 5.56 Å². The summed E-state index contributed by atoms with van der Waals surface area (Å²) >= 11 is 6.13. The van der Waals surface area contributed by atoms with E-state index in [0.717, 1.165) is 36.0 Å². The molecule has 0 fully saturated rings. The number of anilines is 2. The second kappa shape index (κ2) is 6.73. The lowest BCUT2D eigenvalue weighted by molar-refractivity contribution is 0.833. The van der Waals surface area contributed by atoms with Crippen LogP contribution in [0.5, 0.6) is 0 Å². The van der Waals surface area contributed by atoms with Crippen molar-refractivity contribution in [3.05, 3.63) is 82.6 Å². The van der Waals surface area contributed by atoms with Crippen LogP contribution >= 0.6 is 11.6 Å². The van der Waals surface area contributed by atoms with Crippen molar-refractivity contribution >= 4 is 23.2 Å². The molecule has 0 saturated heterocycles. The summed E-state index contributed by atoms with van der Waals surface area (Å²) in [5, 5.41) is 4.00. The average molecular weight is 351 g/mol. The maximum Gasteiger partial charge on any atom is 0.130 e. The van der Waals surface area contributed by atoms with Crippen LogP contribution in [-0.2, 0) is 6.54 Å². The third-order valence-corrected chi connectivity index (χ3v) is 4.71. The van der Waals surface area contributed by atoms with Crippen LogP contribution in [0.2, 0.25) is 5.02 Å². The minimum absolute atomic E-state index is 0.172. The molecule has 0 amide bonds. The first-order chi connectivity index (χ1) is 12.2. The molecule has 0 saturated carbocycles. The Kier molecular flexibility index (Phi) is 4.28. The Bertz CT molecular complexity index is 882. The van der Waals surface area contributed by atoms with Gasteiger partial charge in [-0.25, -0.2) is 9.97 Å². The molecule has 4 rings (SSSR count). The summed E-state index contributed by atoms with van der Waals surface area (Å²) in [6.07, 6.45) is 1.67. The molecule has 1 aromatic carbocycles. The maximum atomic E-state index is 6.13. The van der Waals surface area contributed by atoms with Crippen molar-refractivity contribution in [3.8, 4) is 0 Å². The van der Waals surface area contributed by atoms with E-state index >= 15 is 0 Å². The number of nitrogens with one attached hydrogen (secondary N) is 1. The number of rotatable bonds is 4. The Labute approximate surface area is 152 Å². The molecular weight excluding hydrogens is 332 g/mol. The van der Waals surface area contributed by atoms with Crippen molar-refractivity contribution in [2.24, 2.45) is 0 Å². The van der Waals surface area contributed by atoms with Crippen LogP contribution in [0.15, 0.2) is 60.8 Å². The highest BCUT2D eigenvalue weighted by molar-refractivity contribution is 6.30. The van der Waals surface area contributed by atoms with Crippen molar-refractivity contribution in [3.63, 3.8) is 0 Å². The molecule has 4 nitrogen and oxygen atoms in total. The number of hydrogen-bond donors (Lipinski definition) is 1. The Morgan fingerprint density at radius 2 is 2.00 bits per heavy atom. The summed E-state index contributed by atoms with van der Waals surface area (Å²) in [4.78, 5) is 11.4. The lowest BCUT2D eigenvalue weighted by Crippen LogP contribution is -2.18. The minimum Gasteiger partial charge on any atom is -0.369 e. The van der Waals surface area contributed by atoms with E-state index in [4.69, 9.17) is 16.6 Å².